The van der Waals surface area contributed by atoms with Crippen molar-refractivity contribution in [3.63, 3.8) is 0 Å². The second-order valence-electron chi connectivity index (χ2n) is 26.9. The van der Waals surface area contributed by atoms with E-state index < -0.39 is 269 Å². The second kappa shape index (κ2) is 49.0. The average Bonchev–Trinajstić information content (AvgIpc) is 1.79. The Morgan fingerprint density at radius 3 is 1.23 bits per heavy atom. The number of amides is 13. The number of rotatable bonds is 54. The molecule has 0 radical (unpaired) electrons. The van der Waals surface area contributed by atoms with E-state index in [1.165, 1.54) is 36.0 Å². The highest BCUT2D eigenvalue weighted by Gasteiger charge is 2.38. The zero-order chi connectivity index (χ0) is 86.3. The Labute approximate surface area is 667 Å². The Kier molecular flexibility index (Phi) is 40.4. The molecule has 0 saturated heterocycles. The van der Waals surface area contributed by atoms with Gasteiger partial charge < -0.3 is 116 Å². The Balaban J connectivity index is 1.59. The van der Waals surface area contributed by atoms with Crippen molar-refractivity contribution in [2.24, 2.45) is 11.5 Å². The van der Waals surface area contributed by atoms with Gasteiger partial charge >= 0.3 is 35.8 Å². The lowest BCUT2D eigenvalue weighted by Gasteiger charge is -2.27. The molecule has 1 aromatic heterocycles. The van der Waals surface area contributed by atoms with Crippen molar-refractivity contribution in [1.82, 2.24) is 68.8 Å². The molecule has 632 valence electrons. The first-order valence-corrected chi connectivity index (χ1v) is 38.1. The van der Waals surface area contributed by atoms with Gasteiger partial charge in [0.1, 0.15) is 72.2 Å². The maximum absolute atomic E-state index is 14.6. The monoisotopic (exact) mass is 1650 g/mol. The summed E-state index contributed by atoms with van der Waals surface area (Å²) < 4.78 is 0. The second-order valence-corrected chi connectivity index (χ2v) is 27.9. The van der Waals surface area contributed by atoms with Crippen LogP contribution in [0.4, 0.5) is 0 Å². The van der Waals surface area contributed by atoms with Gasteiger partial charge in [-0.3, -0.25) is 91.1 Å². The molecule has 1 heterocycles. The molecule has 41 nitrogen and oxygen atoms in total. The third-order valence-electron chi connectivity index (χ3n) is 17.7. The minimum Gasteiger partial charge on any atom is -0.508 e. The number of aromatic amines is 1. The summed E-state index contributed by atoms with van der Waals surface area (Å²) >= 11 is 1.34. The van der Waals surface area contributed by atoms with Gasteiger partial charge in [-0.25, -0.2) is 0 Å². The number of nitrogens with one attached hydrogen (secondary N) is 13. The highest BCUT2D eigenvalue weighted by Crippen LogP contribution is 2.21. The summed E-state index contributed by atoms with van der Waals surface area (Å²) in [5.41, 5.74) is 13.5. The summed E-state index contributed by atoms with van der Waals surface area (Å²) in [6.07, 6.45) is -5.62. The fraction of sp³-hybridized carbons (Fsp3) is 0.473. The quantitative estimate of drug-likeness (QED) is 0.0208. The van der Waals surface area contributed by atoms with Crippen LogP contribution in [0.25, 0.3) is 10.9 Å². The number of unbranched alkanes of at least 4 members (excludes halogenated alkanes) is 1. The summed E-state index contributed by atoms with van der Waals surface area (Å²) in [4.78, 5) is 255. The standard InChI is InChI=1S/C74H99N15O26S/c1-4-5-14-46(68(109)89-55(35-62(102)103)74(115)87-52(63(76)104)32-39-11-7-6-8-12-39)82-73(114)54(34-41-36-77-45-15-10-9-13-43(41)45)80-56(91)37-78-66(107)53(33-40-16-18-42(90)19-17-40)88-64(105)38(2)79-67(108)47(20-25-57(92)93)83-70(111)49(22-27-59(96)97)85-72(113)51(24-29-61(100)101)86-71(112)50(23-28-60(98)99)84-69(110)48(21-26-58(94)95)81-65(106)44(75)30-31-116-3/h6-13,15-19,36,38,44,46-55,77,90H,4-5,14,20-35,37,75H2,1-3H3,(H2,76,104)(H,78,107)(H,79,108)(H,80,91)(H,81,106)(H,82,114)(H,83,111)(H,84,110)(H,85,113)(H,86,112)(H,87,115)(H,88,105)(H,89,109)(H,92,93)(H,94,95)(H,96,97)(H,98,99)(H,100,101)(H,102,103)/t38-,44-,46-,47-,48-,49-,50-,51-,52-,53-,54-,55-/m0/s1. The topological polar surface area (TPSA) is 678 Å². The van der Waals surface area contributed by atoms with E-state index in [1.54, 1.807) is 74.0 Å². The molecule has 42 heteroatoms. The number of phenols is 1. The highest BCUT2D eigenvalue weighted by molar-refractivity contribution is 7.98. The van der Waals surface area contributed by atoms with Crippen LogP contribution < -0.4 is 75.3 Å². The Bertz CT molecular complexity index is 4150. The number of aromatic nitrogens is 1. The van der Waals surface area contributed by atoms with E-state index in [2.05, 4.69) is 68.8 Å². The number of fused-ring (bicyclic) bond motifs is 1. The zero-order valence-corrected chi connectivity index (χ0v) is 64.4. The minimum atomic E-state index is -2.04. The number of para-hydroxylation sites is 1. The zero-order valence-electron chi connectivity index (χ0n) is 63.6. The molecule has 0 aliphatic rings. The van der Waals surface area contributed by atoms with Gasteiger partial charge in [-0.1, -0.05) is 80.4 Å². The Morgan fingerprint density at radius 2 is 0.784 bits per heavy atom. The predicted octanol–water partition coefficient (Wildman–Crippen LogP) is -3.08. The Hall–Kier alpha value is -12.8. The van der Waals surface area contributed by atoms with Crippen LogP contribution in [-0.2, 0) is 110 Å². The molecule has 0 aliphatic carbocycles. The van der Waals surface area contributed by atoms with Crippen LogP contribution in [0.3, 0.4) is 0 Å². The van der Waals surface area contributed by atoms with Gasteiger partial charge in [0.25, 0.3) is 0 Å². The van der Waals surface area contributed by atoms with E-state index in [-0.39, 0.29) is 37.9 Å². The third kappa shape index (κ3) is 34.7. The summed E-state index contributed by atoms with van der Waals surface area (Å²) in [7, 11) is 0. The van der Waals surface area contributed by atoms with E-state index in [0.29, 0.717) is 39.8 Å². The van der Waals surface area contributed by atoms with Gasteiger partial charge in [-0.05, 0) is 98.8 Å². The molecule has 4 aromatic rings. The smallest absolute Gasteiger partial charge is 0.305 e. The molecule has 12 atom stereocenters. The predicted molar refractivity (Wildman–Crippen MR) is 410 cm³/mol. The number of hydrogen-bond acceptors (Lipinski definition) is 22. The molecule has 0 saturated carbocycles. The first-order valence-electron chi connectivity index (χ1n) is 36.7. The summed E-state index contributed by atoms with van der Waals surface area (Å²) in [5.74, 6) is -23.8. The number of carboxylic acid groups (broad SMARTS) is 6. The van der Waals surface area contributed by atoms with E-state index in [0.717, 1.165) is 6.92 Å². The number of thioether (sulfide) groups is 1. The van der Waals surface area contributed by atoms with Crippen molar-refractivity contribution in [2.45, 2.75) is 202 Å². The van der Waals surface area contributed by atoms with Gasteiger partial charge in [0.05, 0.1) is 19.0 Å². The fourth-order valence-electron chi connectivity index (χ4n) is 11.4. The number of hydrogen-bond donors (Lipinski definition) is 22. The van der Waals surface area contributed by atoms with E-state index in [4.69, 9.17) is 11.5 Å². The maximum atomic E-state index is 14.6. The molecule has 3 aromatic carbocycles. The number of carbonyl (C=O) groups excluding carboxylic acids is 13. The van der Waals surface area contributed by atoms with E-state index in [9.17, 15) is 127 Å². The molecule has 116 heavy (non-hydrogen) atoms. The van der Waals surface area contributed by atoms with Gasteiger partial charge in [-0.15, -0.1) is 0 Å². The average molecular weight is 1650 g/mol. The lowest BCUT2D eigenvalue weighted by atomic mass is 10.0. The van der Waals surface area contributed by atoms with Crippen LogP contribution in [0.15, 0.2) is 85.1 Å². The number of nitrogens with two attached hydrogens (primary N) is 2. The van der Waals surface area contributed by atoms with Crippen molar-refractivity contribution >= 4 is 135 Å². The van der Waals surface area contributed by atoms with Gasteiger partial charge in [0.2, 0.25) is 76.8 Å². The molecule has 13 amide bonds. The number of carboxylic acids is 6. The van der Waals surface area contributed by atoms with Gasteiger partial charge in [0.15, 0.2) is 0 Å². The Morgan fingerprint density at radius 1 is 0.405 bits per heavy atom. The molecular weight excluding hydrogens is 1550 g/mol. The number of H-pyrrole nitrogens is 1. The molecule has 0 aliphatic heterocycles. The number of aromatic hydroxyl groups is 1. The van der Waals surface area contributed by atoms with E-state index in [1.807, 2.05) is 0 Å². The highest BCUT2D eigenvalue weighted by atomic mass is 32.2. The normalized spacial score (nSPS) is 14.1. The SMILES string of the molecule is CCCC[C@H](NC(=O)[C@H](Cc1c[nH]c2ccccc12)NC(=O)CNC(=O)[C@H](Cc1ccc(O)cc1)NC(=O)[C@H](C)NC(=O)[C@H](CCC(=O)O)NC(=O)[C@H](CCC(=O)O)NC(=O)[C@H](CCC(=O)O)NC(=O)[C@H](CCC(=O)O)NC(=O)[C@H](CCC(=O)O)NC(=O)[C@@H](N)CCSC)C(=O)N[C@@H](CC(=O)O)C(=O)N[C@@H](Cc1ccccc1)C(N)=O. The molecule has 0 fully saturated rings. The van der Waals surface area contributed by atoms with Gasteiger partial charge in [0, 0.05) is 68.5 Å². The van der Waals surface area contributed by atoms with Crippen molar-refractivity contribution in [3.8, 4) is 5.75 Å². The maximum Gasteiger partial charge on any atom is 0.305 e. The van der Waals surface area contributed by atoms with E-state index >= 15 is 0 Å². The number of carbonyl (C=O) groups is 19. The first kappa shape index (κ1) is 95.6. The molecule has 4 rings (SSSR count). The molecule has 24 N–H and O–H groups in total. The van der Waals surface area contributed by atoms with Gasteiger partial charge in [-0.2, -0.15) is 11.8 Å². The number of aliphatic carboxylic acids is 6. The third-order valence-corrected chi connectivity index (χ3v) is 18.4. The largest absolute Gasteiger partial charge is 0.508 e. The van der Waals surface area contributed by atoms with Crippen LogP contribution >= 0.6 is 11.8 Å². The molecule has 0 unspecified atom stereocenters. The summed E-state index contributed by atoms with van der Waals surface area (Å²) in [6.45, 7) is 1.93. The summed E-state index contributed by atoms with van der Waals surface area (Å²) in [5, 5.41) is 96.5. The first-order chi connectivity index (χ1) is 54.9. The molecule has 0 bridgehead atoms. The summed E-state index contributed by atoms with van der Waals surface area (Å²) in [6, 6.07) is 0.0789. The van der Waals surface area contributed by atoms with Crippen LogP contribution in [0.5, 0.6) is 5.75 Å². The lowest BCUT2D eigenvalue weighted by Crippen LogP contribution is -2.60. The number of primary amides is 1. The van der Waals surface area contributed by atoms with Crippen molar-refractivity contribution in [3.05, 3.63) is 102 Å². The fourth-order valence-corrected chi connectivity index (χ4v) is 11.9. The number of phenolic OH excluding ortho intramolecular Hbond substituents is 1. The van der Waals surface area contributed by atoms with Crippen LogP contribution in [-0.4, -0.2) is 244 Å². The minimum absolute atomic E-state index is 0.0824. The van der Waals surface area contributed by atoms with Crippen molar-refractivity contribution in [2.75, 3.05) is 18.6 Å². The number of benzene rings is 3. The van der Waals surface area contributed by atoms with Crippen molar-refractivity contribution in [1.29, 1.82) is 0 Å². The van der Waals surface area contributed by atoms with Crippen LogP contribution in [0.1, 0.15) is 127 Å². The lowest BCUT2D eigenvalue weighted by molar-refractivity contribution is -0.141. The van der Waals surface area contributed by atoms with Crippen LogP contribution in [0, 0.1) is 0 Å². The van der Waals surface area contributed by atoms with Crippen LogP contribution in [0.2, 0.25) is 0 Å². The molecular formula is C74H99N15O26S. The molecule has 0 spiro atoms. The van der Waals surface area contributed by atoms with Crippen molar-refractivity contribution < 1.29 is 127 Å².